The van der Waals surface area contributed by atoms with Crippen molar-refractivity contribution in [1.29, 1.82) is 5.26 Å². The van der Waals surface area contributed by atoms with Crippen LogP contribution in [-0.4, -0.2) is 6.61 Å². The molecule has 0 radical (unpaired) electrons. The zero-order chi connectivity index (χ0) is 10.6. The highest BCUT2D eigenvalue weighted by Crippen LogP contribution is 2.25. The number of benzene rings is 1. The van der Waals surface area contributed by atoms with Gasteiger partial charge >= 0.3 is 0 Å². The van der Waals surface area contributed by atoms with E-state index in [0.717, 1.165) is 6.07 Å². The lowest BCUT2D eigenvalue weighted by molar-refractivity contribution is 0.302. The molecule has 0 N–H and O–H groups in total. The molecule has 2 nitrogen and oxygen atoms in total. The molecule has 0 aliphatic heterocycles. The molecule has 0 spiro atoms. The molecule has 74 valence electrons. The molecule has 0 aliphatic rings. The Labute approximate surface area is 88.2 Å². The number of rotatable bonds is 3. The lowest BCUT2D eigenvalue weighted by Crippen LogP contribution is -1.99. The van der Waals surface area contributed by atoms with Gasteiger partial charge in [0, 0.05) is 4.47 Å². The van der Waals surface area contributed by atoms with E-state index in [2.05, 4.69) is 15.9 Å². The lowest BCUT2D eigenvalue weighted by atomic mass is 10.3. The van der Waals surface area contributed by atoms with E-state index in [-0.39, 0.29) is 18.8 Å². The highest BCUT2D eigenvalue weighted by Gasteiger charge is 2.10. The first kappa shape index (κ1) is 10.9. The maximum absolute atomic E-state index is 13.0. The molecule has 14 heavy (non-hydrogen) atoms. The molecule has 0 aliphatic carbocycles. The molecule has 0 unspecified atom stereocenters. The highest BCUT2D eigenvalue weighted by molar-refractivity contribution is 9.10. The van der Waals surface area contributed by atoms with Crippen LogP contribution in [0.4, 0.5) is 8.78 Å². The van der Waals surface area contributed by atoms with Gasteiger partial charge in [-0.1, -0.05) is 15.9 Å². The van der Waals surface area contributed by atoms with Crippen LogP contribution in [0.2, 0.25) is 0 Å². The van der Waals surface area contributed by atoms with Crippen molar-refractivity contribution in [3.63, 3.8) is 0 Å². The Bertz CT molecular complexity index is 376. The van der Waals surface area contributed by atoms with Gasteiger partial charge in [0.2, 0.25) is 5.82 Å². The highest BCUT2D eigenvalue weighted by atomic mass is 79.9. The first-order chi connectivity index (χ1) is 6.65. The maximum atomic E-state index is 13.0. The van der Waals surface area contributed by atoms with Crippen molar-refractivity contribution in [3.8, 4) is 11.8 Å². The molecule has 0 saturated carbocycles. The Kier molecular flexibility index (Phi) is 3.84. The fourth-order valence-corrected chi connectivity index (χ4v) is 1.25. The minimum atomic E-state index is -1.04. The largest absolute Gasteiger partial charge is 0.489 e. The quantitative estimate of drug-likeness (QED) is 0.619. The topological polar surface area (TPSA) is 33.0 Å². The second-order valence-electron chi connectivity index (χ2n) is 2.46. The molecule has 0 bridgehead atoms. The fourth-order valence-electron chi connectivity index (χ4n) is 0.844. The number of hydrogen-bond donors (Lipinski definition) is 0. The molecule has 5 heteroatoms. The zero-order valence-corrected chi connectivity index (χ0v) is 8.64. The Morgan fingerprint density at radius 3 is 2.79 bits per heavy atom. The van der Waals surface area contributed by atoms with Crippen LogP contribution in [-0.2, 0) is 0 Å². The van der Waals surface area contributed by atoms with Gasteiger partial charge in [0.1, 0.15) is 6.61 Å². The monoisotopic (exact) mass is 261 g/mol. The number of nitrogens with zero attached hydrogens (tertiary/aromatic N) is 1. The summed E-state index contributed by atoms with van der Waals surface area (Å²) in [6.45, 7) is 0.0450. The van der Waals surface area contributed by atoms with Crippen LogP contribution in [0, 0.1) is 23.0 Å². The molecular formula is C9H6BrF2NO. The van der Waals surface area contributed by atoms with Gasteiger partial charge in [-0.25, -0.2) is 4.39 Å². The van der Waals surface area contributed by atoms with Crippen LogP contribution in [0.3, 0.4) is 0 Å². The molecule has 0 fully saturated rings. The van der Waals surface area contributed by atoms with E-state index < -0.39 is 11.6 Å². The van der Waals surface area contributed by atoms with Crippen molar-refractivity contribution < 1.29 is 13.5 Å². The number of halogens is 3. The Hall–Kier alpha value is -1.15. The van der Waals surface area contributed by atoms with Gasteiger partial charge in [0.25, 0.3) is 0 Å². The first-order valence-electron chi connectivity index (χ1n) is 3.79. The second kappa shape index (κ2) is 4.91. The van der Waals surface area contributed by atoms with Crippen molar-refractivity contribution in [3.05, 3.63) is 28.2 Å². The molecule has 0 heterocycles. The molecule has 1 aromatic rings. The third-order valence-corrected chi connectivity index (χ3v) is 1.89. The first-order valence-corrected chi connectivity index (χ1v) is 4.58. The lowest BCUT2D eigenvalue weighted by Gasteiger charge is -2.05. The predicted octanol–water partition coefficient (Wildman–Crippen LogP) is 3.02. The van der Waals surface area contributed by atoms with Gasteiger partial charge in [0.15, 0.2) is 11.6 Å². The van der Waals surface area contributed by atoms with Crippen LogP contribution in [0.15, 0.2) is 16.6 Å². The molecule has 0 saturated heterocycles. The van der Waals surface area contributed by atoms with Crippen molar-refractivity contribution in [2.45, 2.75) is 6.42 Å². The van der Waals surface area contributed by atoms with Gasteiger partial charge in [0.05, 0.1) is 12.5 Å². The summed E-state index contributed by atoms with van der Waals surface area (Å²) in [5.41, 5.74) is 0. The van der Waals surface area contributed by atoms with E-state index in [1.54, 1.807) is 0 Å². The third kappa shape index (κ3) is 2.67. The minimum absolute atomic E-state index is 0.0450. The van der Waals surface area contributed by atoms with Crippen LogP contribution in [0.5, 0.6) is 5.75 Å². The van der Waals surface area contributed by atoms with Crippen molar-refractivity contribution in [2.24, 2.45) is 0 Å². The summed E-state index contributed by atoms with van der Waals surface area (Å²) in [6, 6.07) is 4.16. The Balaban J connectivity index is 2.81. The van der Waals surface area contributed by atoms with Crippen LogP contribution in [0.25, 0.3) is 0 Å². The maximum Gasteiger partial charge on any atom is 0.200 e. The summed E-state index contributed by atoms with van der Waals surface area (Å²) in [7, 11) is 0. The smallest absolute Gasteiger partial charge is 0.200 e. The van der Waals surface area contributed by atoms with Gasteiger partial charge in [-0.15, -0.1) is 0 Å². The number of ether oxygens (including phenoxy) is 1. The van der Waals surface area contributed by atoms with Crippen molar-refractivity contribution in [1.82, 2.24) is 0 Å². The summed E-state index contributed by atoms with van der Waals surface area (Å²) in [5.74, 6) is -2.20. The Morgan fingerprint density at radius 1 is 1.43 bits per heavy atom. The average molecular weight is 262 g/mol. The van der Waals surface area contributed by atoms with Gasteiger partial charge in [-0.3, -0.25) is 0 Å². The van der Waals surface area contributed by atoms with Crippen LogP contribution < -0.4 is 4.74 Å². The summed E-state index contributed by atoms with van der Waals surface area (Å²) < 4.78 is 31.1. The summed E-state index contributed by atoms with van der Waals surface area (Å²) in [5, 5.41) is 8.22. The van der Waals surface area contributed by atoms with E-state index in [1.807, 2.05) is 6.07 Å². The van der Waals surface area contributed by atoms with Crippen LogP contribution >= 0.6 is 15.9 Å². The van der Waals surface area contributed by atoms with Crippen LogP contribution in [0.1, 0.15) is 6.42 Å². The van der Waals surface area contributed by atoms with Crippen molar-refractivity contribution >= 4 is 15.9 Å². The predicted molar refractivity (Wildman–Crippen MR) is 49.8 cm³/mol. The molecule has 0 atom stereocenters. The van der Waals surface area contributed by atoms with E-state index in [9.17, 15) is 8.78 Å². The average Bonchev–Trinajstić information content (AvgIpc) is 2.13. The normalized spacial score (nSPS) is 9.57. The van der Waals surface area contributed by atoms with E-state index in [4.69, 9.17) is 10.00 Å². The van der Waals surface area contributed by atoms with E-state index in [0.29, 0.717) is 4.47 Å². The SMILES string of the molecule is N#CCCOc1cc(Br)cc(F)c1F. The zero-order valence-electron chi connectivity index (χ0n) is 7.06. The van der Waals surface area contributed by atoms with Crippen molar-refractivity contribution in [2.75, 3.05) is 6.61 Å². The molecule has 0 amide bonds. The number of nitriles is 1. The molecule has 0 aromatic heterocycles. The van der Waals surface area contributed by atoms with Gasteiger partial charge in [-0.2, -0.15) is 9.65 Å². The summed E-state index contributed by atoms with van der Waals surface area (Å²) in [4.78, 5) is 0. The summed E-state index contributed by atoms with van der Waals surface area (Å²) in [6.07, 6.45) is 0.133. The van der Waals surface area contributed by atoms with Gasteiger partial charge in [-0.05, 0) is 12.1 Å². The van der Waals surface area contributed by atoms with Gasteiger partial charge < -0.3 is 4.74 Å². The Morgan fingerprint density at radius 2 is 2.14 bits per heavy atom. The second-order valence-corrected chi connectivity index (χ2v) is 3.37. The summed E-state index contributed by atoms with van der Waals surface area (Å²) >= 11 is 3.00. The third-order valence-electron chi connectivity index (χ3n) is 1.43. The standard InChI is InChI=1S/C9H6BrF2NO/c10-6-4-7(11)9(12)8(5-6)14-3-1-2-13/h4-5H,1,3H2. The molecule has 1 aromatic carbocycles. The molecule has 1 rings (SSSR count). The fraction of sp³-hybridized carbons (Fsp3) is 0.222. The number of hydrogen-bond acceptors (Lipinski definition) is 2. The van der Waals surface area contributed by atoms with E-state index >= 15 is 0 Å². The molecular weight excluding hydrogens is 256 g/mol. The minimum Gasteiger partial charge on any atom is -0.489 e. The van der Waals surface area contributed by atoms with E-state index in [1.165, 1.54) is 6.07 Å².